The number of ether oxygens (including phenoxy) is 1. The molecule has 2 N–H and O–H groups in total. The van der Waals surface area contributed by atoms with Crippen LogP contribution in [0.3, 0.4) is 0 Å². The molecule has 0 heterocycles. The van der Waals surface area contributed by atoms with Crippen molar-refractivity contribution >= 4 is 0 Å². The van der Waals surface area contributed by atoms with Gasteiger partial charge in [-0.3, -0.25) is 0 Å². The van der Waals surface area contributed by atoms with Crippen molar-refractivity contribution in [2.24, 2.45) is 17.1 Å². The van der Waals surface area contributed by atoms with Crippen LogP contribution in [0.4, 0.5) is 13.2 Å². The Kier molecular flexibility index (Phi) is 5.68. The molecule has 5 heteroatoms. The Morgan fingerprint density at radius 3 is 2.05 bits per heavy atom. The molecule has 1 aromatic rings. The van der Waals surface area contributed by atoms with E-state index < -0.39 is 6.36 Å². The lowest BCUT2D eigenvalue weighted by molar-refractivity contribution is -0.274. The number of nitrogens with two attached hydrogens (primary N) is 1. The minimum Gasteiger partial charge on any atom is -0.406 e. The lowest BCUT2D eigenvalue weighted by atomic mass is 9.78. The van der Waals surface area contributed by atoms with Crippen LogP contribution in [0.25, 0.3) is 0 Å². The molecule has 0 bridgehead atoms. The summed E-state index contributed by atoms with van der Waals surface area (Å²) in [5.41, 5.74) is 7.24. The number of alkyl halides is 3. The van der Waals surface area contributed by atoms with E-state index in [4.69, 9.17) is 5.73 Å². The van der Waals surface area contributed by atoms with Crippen LogP contribution in [0, 0.1) is 11.3 Å². The number of hydrogen-bond acceptors (Lipinski definition) is 2. The van der Waals surface area contributed by atoms with Gasteiger partial charge in [0.2, 0.25) is 0 Å². The third-order valence-corrected chi connectivity index (χ3v) is 3.79. The van der Waals surface area contributed by atoms with Gasteiger partial charge in [0.05, 0.1) is 0 Å². The molecule has 0 aliphatic heterocycles. The molecular formula is C16H24F3NO. The lowest BCUT2D eigenvalue weighted by Crippen LogP contribution is -2.30. The summed E-state index contributed by atoms with van der Waals surface area (Å²) in [6, 6.07) is 5.89. The minimum absolute atomic E-state index is 0.00592. The first-order chi connectivity index (χ1) is 9.47. The Balaban J connectivity index is 2.56. The number of rotatable bonds is 5. The maximum atomic E-state index is 12.1. The fraction of sp³-hybridized carbons (Fsp3) is 0.625. The van der Waals surface area contributed by atoms with Crippen LogP contribution in [0.5, 0.6) is 5.75 Å². The van der Waals surface area contributed by atoms with Crippen LogP contribution in [0.2, 0.25) is 0 Å². The lowest BCUT2D eigenvalue weighted by Gasteiger charge is -2.29. The highest BCUT2D eigenvalue weighted by Gasteiger charge is 2.31. The average Bonchev–Trinajstić information content (AvgIpc) is 2.28. The second-order valence-corrected chi connectivity index (χ2v) is 6.66. The maximum Gasteiger partial charge on any atom is 0.573 e. The monoisotopic (exact) mass is 303 g/mol. The van der Waals surface area contributed by atoms with Gasteiger partial charge < -0.3 is 10.5 Å². The van der Waals surface area contributed by atoms with Crippen molar-refractivity contribution in [3.63, 3.8) is 0 Å². The summed E-state index contributed by atoms with van der Waals surface area (Å²) in [4.78, 5) is 0. The van der Waals surface area contributed by atoms with Gasteiger partial charge in [0.15, 0.2) is 0 Å². The Morgan fingerprint density at radius 2 is 1.62 bits per heavy atom. The molecule has 0 saturated carbocycles. The summed E-state index contributed by atoms with van der Waals surface area (Å²) in [6.07, 6.45) is -3.13. The summed E-state index contributed by atoms with van der Waals surface area (Å²) in [7, 11) is 0. The van der Waals surface area contributed by atoms with Crippen LogP contribution in [0.1, 0.15) is 39.7 Å². The zero-order valence-electron chi connectivity index (χ0n) is 13.0. The summed E-state index contributed by atoms with van der Waals surface area (Å²) >= 11 is 0. The second kappa shape index (κ2) is 6.69. The zero-order chi connectivity index (χ0) is 16.3. The molecule has 0 radical (unpaired) electrons. The van der Waals surface area contributed by atoms with Gasteiger partial charge in [-0.15, -0.1) is 13.2 Å². The molecule has 2 atom stereocenters. The van der Waals surface area contributed by atoms with E-state index in [0.29, 0.717) is 12.3 Å². The van der Waals surface area contributed by atoms with E-state index in [-0.39, 0.29) is 17.2 Å². The predicted molar refractivity (Wildman–Crippen MR) is 78.0 cm³/mol. The van der Waals surface area contributed by atoms with E-state index in [9.17, 15) is 13.2 Å². The third kappa shape index (κ3) is 6.85. The van der Waals surface area contributed by atoms with E-state index in [1.807, 2.05) is 0 Å². The molecular weight excluding hydrogens is 279 g/mol. The quantitative estimate of drug-likeness (QED) is 0.867. The van der Waals surface area contributed by atoms with Crippen molar-refractivity contribution in [3.8, 4) is 5.75 Å². The topological polar surface area (TPSA) is 35.2 Å². The minimum atomic E-state index is -4.65. The second-order valence-electron chi connectivity index (χ2n) is 6.66. The molecule has 0 aliphatic rings. The first kappa shape index (κ1) is 17.8. The van der Waals surface area contributed by atoms with Gasteiger partial charge in [-0.2, -0.15) is 0 Å². The van der Waals surface area contributed by atoms with E-state index in [0.717, 1.165) is 12.0 Å². The van der Waals surface area contributed by atoms with Crippen LogP contribution < -0.4 is 10.5 Å². The number of benzene rings is 1. The Bertz CT molecular complexity index is 434. The Labute approximate surface area is 124 Å². The largest absolute Gasteiger partial charge is 0.573 e. The van der Waals surface area contributed by atoms with Gasteiger partial charge in [0.25, 0.3) is 0 Å². The molecule has 120 valence electrons. The average molecular weight is 303 g/mol. The first-order valence-corrected chi connectivity index (χ1v) is 7.07. The SMILES string of the molecule is CC(CC(N)Cc1ccc(OC(F)(F)F)cc1)C(C)(C)C. The standard InChI is InChI=1S/C16H24F3NO/c1-11(15(2,3)4)9-13(20)10-12-5-7-14(8-6-12)21-16(17,18)19/h5-8,11,13H,9-10,20H2,1-4H3. The van der Waals surface area contributed by atoms with E-state index >= 15 is 0 Å². The maximum absolute atomic E-state index is 12.1. The zero-order valence-corrected chi connectivity index (χ0v) is 13.0. The third-order valence-electron chi connectivity index (χ3n) is 3.79. The molecule has 0 spiro atoms. The van der Waals surface area contributed by atoms with Crippen molar-refractivity contribution in [2.45, 2.75) is 52.9 Å². The molecule has 0 aromatic heterocycles. The summed E-state index contributed by atoms with van der Waals surface area (Å²) in [5, 5.41) is 0. The van der Waals surface area contributed by atoms with Gasteiger partial charge in [-0.25, -0.2) is 0 Å². The first-order valence-electron chi connectivity index (χ1n) is 7.07. The molecule has 0 saturated heterocycles. The summed E-state index contributed by atoms with van der Waals surface area (Å²) in [5.74, 6) is 0.267. The molecule has 1 aromatic carbocycles. The van der Waals surface area contributed by atoms with E-state index in [1.54, 1.807) is 12.1 Å². The highest BCUT2D eigenvalue weighted by molar-refractivity contribution is 5.27. The normalized spacial score (nSPS) is 15.6. The van der Waals surface area contributed by atoms with E-state index in [1.165, 1.54) is 12.1 Å². The van der Waals surface area contributed by atoms with Crippen molar-refractivity contribution in [3.05, 3.63) is 29.8 Å². The Hall–Kier alpha value is -1.23. The molecule has 1 rings (SSSR count). The summed E-state index contributed by atoms with van der Waals surface area (Å²) < 4.78 is 40.0. The fourth-order valence-corrected chi connectivity index (χ4v) is 2.02. The van der Waals surface area contributed by atoms with Gasteiger partial charge in [-0.1, -0.05) is 39.8 Å². The van der Waals surface area contributed by atoms with Crippen LogP contribution >= 0.6 is 0 Å². The highest BCUT2D eigenvalue weighted by atomic mass is 19.4. The molecule has 0 aliphatic carbocycles. The Morgan fingerprint density at radius 1 is 1.10 bits per heavy atom. The van der Waals surface area contributed by atoms with Gasteiger partial charge in [0.1, 0.15) is 5.75 Å². The van der Waals surface area contributed by atoms with Gasteiger partial charge in [-0.05, 0) is 41.9 Å². The predicted octanol–water partition coefficient (Wildman–Crippen LogP) is 4.53. The summed E-state index contributed by atoms with van der Waals surface area (Å²) in [6.45, 7) is 8.69. The van der Waals surface area contributed by atoms with Crippen LogP contribution in [-0.2, 0) is 6.42 Å². The van der Waals surface area contributed by atoms with Crippen LogP contribution in [0.15, 0.2) is 24.3 Å². The highest BCUT2D eigenvalue weighted by Crippen LogP contribution is 2.29. The van der Waals surface area contributed by atoms with E-state index in [2.05, 4.69) is 32.4 Å². The van der Waals surface area contributed by atoms with Crippen LogP contribution in [-0.4, -0.2) is 12.4 Å². The molecule has 2 nitrogen and oxygen atoms in total. The van der Waals surface area contributed by atoms with Crippen molar-refractivity contribution in [2.75, 3.05) is 0 Å². The molecule has 0 amide bonds. The van der Waals surface area contributed by atoms with Crippen molar-refractivity contribution in [1.82, 2.24) is 0 Å². The number of hydrogen-bond donors (Lipinski definition) is 1. The smallest absolute Gasteiger partial charge is 0.406 e. The molecule has 0 fully saturated rings. The van der Waals surface area contributed by atoms with Crippen molar-refractivity contribution < 1.29 is 17.9 Å². The van der Waals surface area contributed by atoms with Crippen molar-refractivity contribution in [1.29, 1.82) is 0 Å². The fourth-order valence-electron chi connectivity index (χ4n) is 2.02. The van der Waals surface area contributed by atoms with Gasteiger partial charge in [0, 0.05) is 6.04 Å². The number of halogens is 3. The molecule has 2 unspecified atom stereocenters. The van der Waals surface area contributed by atoms with Gasteiger partial charge >= 0.3 is 6.36 Å². The molecule has 21 heavy (non-hydrogen) atoms.